The number of hydrogen-bond acceptors (Lipinski definition) is 3. The third-order valence-electron chi connectivity index (χ3n) is 3.84. The van der Waals surface area contributed by atoms with Crippen LogP contribution in [0.25, 0.3) is 0 Å². The molecule has 0 aliphatic carbocycles. The van der Waals surface area contributed by atoms with Crippen molar-refractivity contribution in [2.75, 3.05) is 13.2 Å². The van der Waals surface area contributed by atoms with Crippen molar-refractivity contribution < 1.29 is 9.16 Å². The van der Waals surface area contributed by atoms with E-state index in [1.807, 2.05) is 0 Å². The van der Waals surface area contributed by atoms with Crippen LogP contribution in [0.5, 0.6) is 0 Å². The lowest BCUT2D eigenvalue weighted by molar-refractivity contribution is -0.0224. The zero-order valence-electron chi connectivity index (χ0n) is 11.4. The summed E-state index contributed by atoms with van der Waals surface area (Å²) >= 11 is 0. The Balaban J connectivity index is 2.34. The molecule has 1 rings (SSSR count). The Morgan fingerprint density at radius 1 is 1.31 bits per heavy atom. The van der Waals surface area contributed by atoms with Crippen LogP contribution in [0.2, 0.25) is 18.1 Å². The van der Waals surface area contributed by atoms with E-state index in [-0.39, 0.29) is 17.2 Å². The molecule has 0 aromatic heterocycles. The second-order valence-corrected chi connectivity index (χ2v) is 11.2. The molecule has 1 saturated heterocycles. The summed E-state index contributed by atoms with van der Waals surface area (Å²) < 4.78 is 11.8. The van der Waals surface area contributed by atoms with E-state index in [4.69, 9.17) is 14.9 Å². The third-order valence-corrected chi connectivity index (χ3v) is 8.34. The van der Waals surface area contributed by atoms with Crippen molar-refractivity contribution >= 4 is 8.32 Å². The van der Waals surface area contributed by atoms with Gasteiger partial charge in [-0.1, -0.05) is 20.8 Å². The molecule has 1 aliphatic heterocycles. The molecule has 4 heteroatoms. The summed E-state index contributed by atoms with van der Waals surface area (Å²) in [6.07, 6.45) is 2.36. The van der Waals surface area contributed by atoms with Gasteiger partial charge in [0.1, 0.15) is 0 Å². The maximum atomic E-state index is 6.14. The maximum Gasteiger partial charge on any atom is 0.192 e. The van der Waals surface area contributed by atoms with Crippen molar-refractivity contribution in [1.29, 1.82) is 0 Å². The summed E-state index contributed by atoms with van der Waals surface area (Å²) in [6, 6.07) is 0.226. The summed E-state index contributed by atoms with van der Waals surface area (Å²) in [5.74, 6) is 0. The molecule has 0 amide bonds. The quantitative estimate of drug-likeness (QED) is 0.777. The van der Waals surface area contributed by atoms with E-state index in [2.05, 4.69) is 33.9 Å². The third kappa shape index (κ3) is 3.84. The fraction of sp³-hybridized carbons (Fsp3) is 1.00. The van der Waals surface area contributed by atoms with E-state index < -0.39 is 8.32 Å². The van der Waals surface area contributed by atoms with Gasteiger partial charge in [0.2, 0.25) is 0 Å². The Labute approximate surface area is 101 Å². The lowest BCUT2D eigenvalue weighted by Gasteiger charge is -2.38. The zero-order chi connectivity index (χ0) is 12.4. The van der Waals surface area contributed by atoms with Gasteiger partial charge >= 0.3 is 0 Å². The van der Waals surface area contributed by atoms with Crippen LogP contribution in [-0.2, 0) is 9.16 Å². The fourth-order valence-corrected chi connectivity index (χ4v) is 2.51. The molecule has 1 aliphatic rings. The highest BCUT2D eigenvalue weighted by Gasteiger charge is 2.37. The van der Waals surface area contributed by atoms with Gasteiger partial charge in [-0.25, -0.2) is 0 Å². The second-order valence-electron chi connectivity index (χ2n) is 6.36. The predicted octanol–water partition coefficient (Wildman–Crippen LogP) is 2.51. The molecule has 3 nitrogen and oxygen atoms in total. The van der Waals surface area contributed by atoms with Gasteiger partial charge in [-0.2, -0.15) is 0 Å². The van der Waals surface area contributed by atoms with E-state index in [1.54, 1.807) is 0 Å². The van der Waals surface area contributed by atoms with E-state index in [0.29, 0.717) is 6.61 Å². The van der Waals surface area contributed by atoms with Crippen molar-refractivity contribution in [2.24, 2.45) is 5.73 Å². The van der Waals surface area contributed by atoms with E-state index >= 15 is 0 Å². The zero-order valence-corrected chi connectivity index (χ0v) is 12.4. The first-order valence-corrected chi connectivity index (χ1v) is 9.14. The maximum absolute atomic E-state index is 6.14. The van der Waals surface area contributed by atoms with Gasteiger partial charge in [-0.3, -0.25) is 0 Å². The number of hydrogen-bond donors (Lipinski definition) is 1. The van der Waals surface area contributed by atoms with Crippen LogP contribution in [0.3, 0.4) is 0 Å². The summed E-state index contributed by atoms with van der Waals surface area (Å²) in [6.45, 7) is 12.8. The second kappa shape index (κ2) is 5.17. The molecule has 0 bridgehead atoms. The van der Waals surface area contributed by atoms with Crippen molar-refractivity contribution in [3.8, 4) is 0 Å². The van der Waals surface area contributed by atoms with Crippen molar-refractivity contribution in [2.45, 2.75) is 63.9 Å². The Kier molecular flexibility index (Phi) is 4.57. The van der Waals surface area contributed by atoms with Crippen LogP contribution in [0, 0.1) is 0 Å². The van der Waals surface area contributed by atoms with Gasteiger partial charge in [-0.05, 0) is 31.0 Å². The molecule has 16 heavy (non-hydrogen) atoms. The molecule has 2 atom stereocenters. The van der Waals surface area contributed by atoms with E-state index in [1.165, 1.54) is 0 Å². The molecule has 0 saturated carbocycles. The molecule has 1 fully saturated rings. The first-order chi connectivity index (χ1) is 7.22. The van der Waals surface area contributed by atoms with Crippen LogP contribution in [0.15, 0.2) is 0 Å². The van der Waals surface area contributed by atoms with Crippen LogP contribution in [0.4, 0.5) is 0 Å². The highest BCUT2D eigenvalue weighted by Crippen LogP contribution is 2.36. The monoisotopic (exact) mass is 245 g/mol. The summed E-state index contributed by atoms with van der Waals surface area (Å²) in [5.41, 5.74) is 5.79. The van der Waals surface area contributed by atoms with Gasteiger partial charge in [0.15, 0.2) is 8.32 Å². The fourth-order valence-electron chi connectivity index (χ4n) is 1.48. The van der Waals surface area contributed by atoms with Crippen molar-refractivity contribution in [3.05, 3.63) is 0 Å². The Bertz CT molecular complexity index is 218. The summed E-state index contributed by atoms with van der Waals surface area (Å²) in [7, 11) is -1.62. The first kappa shape index (κ1) is 14.2. The minimum Gasteiger partial charge on any atom is -0.414 e. The summed E-state index contributed by atoms with van der Waals surface area (Å²) in [5, 5.41) is 0.276. The molecular weight excluding hydrogens is 218 g/mol. The molecule has 96 valence electrons. The molecule has 0 spiro atoms. The standard InChI is InChI=1S/C12H27NO2Si/c1-12(2,3)16(4,5)15-9-11-7-6-10(13)8-14-11/h10-11H,6-9,13H2,1-5H3/t10-,11+/m1/s1. The average Bonchev–Trinajstić information content (AvgIpc) is 2.15. The summed E-state index contributed by atoms with van der Waals surface area (Å²) in [4.78, 5) is 0. The van der Waals surface area contributed by atoms with Crippen LogP contribution in [-0.4, -0.2) is 33.7 Å². The highest BCUT2D eigenvalue weighted by atomic mass is 28.4. The first-order valence-electron chi connectivity index (χ1n) is 6.23. The number of nitrogens with two attached hydrogens (primary N) is 1. The van der Waals surface area contributed by atoms with Crippen molar-refractivity contribution in [1.82, 2.24) is 0 Å². The highest BCUT2D eigenvalue weighted by molar-refractivity contribution is 6.74. The van der Waals surface area contributed by atoms with Gasteiger partial charge < -0.3 is 14.9 Å². The molecule has 0 aromatic rings. The SMILES string of the molecule is CC(C)(C)[Si](C)(C)OC[C@@H]1CC[C@@H](N)CO1. The molecule has 1 heterocycles. The van der Waals surface area contributed by atoms with Crippen LogP contribution < -0.4 is 5.73 Å². The van der Waals surface area contributed by atoms with Crippen molar-refractivity contribution in [3.63, 3.8) is 0 Å². The average molecular weight is 245 g/mol. The van der Waals surface area contributed by atoms with Crippen LogP contribution in [0.1, 0.15) is 33.6 Å². The Morgan fingerprint density at radius 2 is 1.94 bits per heavy atom. The van der Waals surface area contributed by atoms with Gasteiger partial charge in [0.25, 0.3) is 0 Å². The van der Waals surface area contributed by atoms with E-state index in [9.17, 15) is 0 Å². The Morgan fingerprint density at radius 3 is 2.38 bits per heavy atom. The topological polar surface area (TPSA) is 44.5 Å². The van der Waals surface area contributed by atoms with E-state index in [0.717, 1.165) is 19.4 Å². The van der Waals surface area contributed by atoms with Gasteiger partial charge in [0.05, 0.1) is 19.3 Å². The van der Waals surface area contributed by atoms with Crippen LogP contribution >= 0.6 is 0 Å². The molecule has 0 aromatic carbocycles. The molecule has 2 N–H and O–H groups in total. The minimum absolute atomic E-state index is 0.226. The lowest BCUT2D eigenvalue weighted by atomic mass is 10.1. The molecular formula is C12H27NO2Si. The molecule has 0 unspecified atom stereocenters. The Hall–Kier alpha value is 0.0969. The number of ether oxygens (including phenoxy) is 1. The smallest absolute Gasteiger partial charge is 0.192 e. The largest absolute Gasteiger partial charge is 0.414 e. The predicted molar refractivity (Wildman–Crippen MR) is 70.1 cm³/mol. The minimum atomic E-state index is -1.62. The normalized spacial score (nSPS) is 28.1. The van der Waals surface area contributed by atoms with Gasteiger partial charge in [-0.15, -0.1) is 0 Å². The lowest BCUT2D eigenvalue weighted by Crippen LogP contribution is -2.44. The molecule has 0 radical (unpaired) electrons. The number of rotatable bonds is 3. The van der Waals surface area contributed by atoms with Gasteiger partial charge in [0, 0.05) is 6.04 Å².